The van der Waals surface area contributed by atoms with Gasteiger partial charge in [0.2, 0.25) is 0 Å². The van der Waals surface area contributed by atoms with Crippen molar-refractivity contribution in [1.29, 1.82) is 0 Å². The van der Waals surface area contributed by atoms with Gasteiger partial charge in [-0.2, -0.15) is 0 Å². The van der Waals surface area contributed by atoms with Crippen molar-refractivity contribution in [1.82, 2.24) is 0 Å². The van der Waals surface area contributed by atoms with Crippen molar-refractivity contribution in [2.45, 2.75) is 19.3 Å². The second-order valence-electron chi connectivity index (χ2n) is 8.21. The molecule has 4 heteroatoms. The number of benzene rings is 4. The lowest BCUT2D eigenvalue weighted by molar-refractivity contribution is 0.457. The van der Waals surface area contributed by atoms with E-state index in [2.05, 4.69) is 74.5 Å². The van der Waals surface area contributed by atoms with E-state index in [1.807, 2.05) is 17.4 Å². The van der Waals surface area contributed by atoms with Crippen LogP contribution in [0.2, 0.25) is 0 Å². The predicted molar refractivity (Wildman–Crippen MR) is 124 cm³/mol. The predicted octanol–water partition coefficient (Wildman–Crippen LogP) is 6.15. The molecule has 0 amide bonds. The van der Waals surface area contributed by atoms with Gasteiger partial charge in [-0.05, 0) is 28.3 Å². The summed E-state index contributed by atoms with van der Waals surface area (Å²) in [6.45, 7) is 4.67. The van der Waals surface area contributed by atoms with E-state index in [0.29, 0.717) is 0 Å². The minimum atomic E-state index is -0.324. The minimum absolute atomic E-state index is 0.0352. The van der Waals surface area contributed by atoms with E-state index in [1.54, 1.807) is 0 Å². The van der Waals surface area contributed by atoms with E-state index in [-0.39, 0.29) is 13.1 Å². The Balaban J connectivity index is 1.78. The van der Waals surface area contributed by atoms with Crippen molar-refractivity contribution in [2.24, 2.45) is 0 Å². The van der Waals surface area contributed by atoms with Crippen LogP contribution in [0.25, 0.3) is 42.1 Å². The highest BCUT2D eigenvalue weighted by atomic mass is 32.1. The molecule has 2 nitrogen and oxygen atoms in total. The van der Waals surface area contributed by atoms with Crippen molar-refractivity contribution in [3.8, 4) is 16.9 Å². The molecule has 0 bridgehead atoms. The molecule has 0 radical (unpaired) electrons. The summed E-state index contributed by atoms with van der Waals surface area (Å²) in [4.78, 5) is 0. The molecule has 0 saturated heterocycles. The van der Waals surface area contributed by atoms with Crippen LogP contribution in [-0.4, -0.2) is 12.7 Å². The summed E-state index contributed by atoms with van der Waals surface area (Å²) in [6.07, 6.45) is 0. The maximum atomic E-state index is 9.39. The molecular weight excluding hydrogens is 375 g/mol. The van der Waals surface area contributed by atoms with Crippen molar-refractivity contribution >= 4 is 50.0 Å². The maximum Gasteiger partial charge on any atom is 0.504 e. The Morgan fingerprint density at radius 2 is 1.52 bits per heavy atom. The van der Waals surface area contributed by atoms with Gasteiger partial charge in [0.25, 0.3) is 0 Å². The number of hydrogen-bond acceptors (Lipinski definition) is 3. The second-order valence-corrected chi connectivity index (χ2v) is 9.23. The van der Waals surface area contributed by atoms with E-state index in [0.717, 1.165) is 11.1 Å². The van der Waals surface area contributed by atoms with E-state index in [1.165, 1.54) is 47.8 Å². The Bertz CT molecular complexity index is 1450. The topological polar surface area (TPSA) is 29.5 Å². The van der Waals surface area contributed by atoms with Crippen molar-refractivity contribution < 1.29 is 9.68 Å². The standard InChI is InChI=1S/C25H19BO2S/c1-25(2)20-10-6-5-7-14(20)16-11-12-18-19-13-21(28-26-27)15-8-3-4-9-17(15)23(19)29-24(18)22(16)25/h3-13,26-27H,1-2H3. The lowest BCUT2D eigenvalue weighted by atomic mass is 9.82. The number of hydrogen-bond donors (Lipinski definition) is 1. The molecule has 5 aromatic rings. The SMILES string of the molecule is CC1(C)c2ccccc2-c2ccc3c(sc4c5ccccc5c(OBO)cc34)c21. The molecule has 1 aliphatic rings. The Hall–Kier alpha value is -2.82. The first-order valence-electron chi connectivity index (χ1n) is 9.86. The smallest absolute Gasteiger partial charge is 0.504 e. The molecule has 1 aliphatic carbocycles. The third kappa shape index (κ3) is 2.16. The quantitative estimate of drug-likeness (QED) is 0.364. The molecule has 29 heavy (non-hydrogen) atoms. The summed E-state index contributed by atoms with van der Waals surface area (Å²) in [5, 5.41) is 14.1. The van der Waals surface area contributed by atoms with Crippen LogP contribution < -0.4 is 4.65 Å². The second kappa shape index (κ2) is 5.85. The highest BCUT2D eigenvalue weighted by molar-refractivity contribution is 7.27. The number of fused-ring (bicyclic) bond motifs is 9. The van der Waals surface area contributed by atoms with Crippen LogP contribution in [0.15, 0.2) is 66.7 Å². The van der Waals surface area contributed by atoms with Gasteiger partial charge in [-0.3, -0.25) is 0 Å². The Labute approximate surface area is 173 Å². The van der Waals surface area contributed by atoms with Gasteiger partial charge in [0.05, 0.1) is 0 Å². The first kappa shape index (κ1) is 17.1. The van der Waals surface area contributed by atoms with E-state index >= 15 is 0 Å². The van der Waals surface area contributed by atoms with Crippen molar-refractivity contribution in [3.05, 3.63) is 77.9 Å². The Kier molecular flexibility index (Phi) is 3.44. The van der Waals surface area contributed by atoms with E-state index in [9.17, 15) is 5.02 Å². The first-order valence-corrected chi connectivity index (χ1v) is 10.7. The largest absolute Gasteiger partial charge is 0.538 e. The Morgan fingerprint density at radius 3 is 2.34 bits per heavy atom. The van der Waals surface area contributed by atoms with E-state index in [4.69, 9.17) is 4.65 Å². The normalized spacial score (nSPS) is 14.3. The molecule has 0 fully saturated rings. The van der Waals surface area contributed by atoms with Gasteiger partial charge in [0, 0.05) is 36.4 Å². The molecule has 0 saturated carbocycles. The summed E-state index contributed by atoms with van der Waals surface area (Å²) in [5.41, 5.74) is 5.48. The first-order chi connectivity index (χ1) is 14.1. The lowest BCUT2D eigenvalue weighted by Gasteiger charge is -2.22. The molecular formula is C25H19BO2S. The maximum absolute atomic E-state index is 9.39. The van der Waals surface area contributed by atoms with Gasteiger partial charge in [-0.15, -0.1) is 11.3 Å². The van der Waals surface area contributed by atoms with Gasteiger partial charge in [0.15, 0.2) is 0 Å². The summed E-state index contributed by atoms with van der Waals surface area (Å²) < 4.78 is 8.22. The van der Waals surface area contributed by atoms with Crippen LogP contribution in [0.4, 0.5) is 0 Å². The monoisotopic (exact) mass is 394 g/mol. The van der Waals surface area contributed by atoms with Crippen molar-refractivity contribution in [2.75, 3.05) is 0 Å². The van der Waals surface area contributed by atoms with Gasteiger partial charge in [0.1, 0.15) is 5.75 Å². The summed E-state index contributed by atoms with van der Waals surface area (Å²) in [6, 6.07) is 23.7. The molecule has 4 aromatic carbocycles. The zero-order valence-electron chi connectivity index (χ0n) is 16.3. The number of thiophene rings is 1. The van der Waals surface area contributed by atoms with E-state index < -0.39 is 0 Å². The highest BCUT2D eigenvalue weighted by Crippen LogP contribution is 2.54. The molecule has 0 spiro atoms. The third-order valence-corrected chi connectivity index (χ3v) is 7.62. The average Bonchev–Trinajstić information content (AvgIpc) is 3.22. The highest BCUT2D eigenvalue weighted by Gasteiger charge is 2.37. The van der Waals surface area contributed by atoms with Crippen LogP contribution in [-0.2, 0) is 5.41 Å². The number of rotatable bonds is 2. The zero-order valence-corrected chi connectivity index (χ0v) is 17.1. The fraction of sp³-hybridized carbons (Fsp3) is 0.120. The summed E-state index contributed by atoms with van der Waals surface area (Å²) in [5.74, 6) is 0.735. The van der Waals surface area contributed by atoms with Crippen LogP contribution in [0.1, 0.15) is 25.0 Å². The van der Waals surface area contributed by atoms with Gasteiger partial charge < -0.3 is 9.68 Å². The fourth-order valence-electron chi connectivity index (χ4n) is 5.06. The fourth-order valence-corrected chi connectivity index (χ4v) is 6.59. The van der Waals surface area contributed by atoms with Gasteiger partial charge in [-0.1, -0.05) is 74.5 Å². The molecule has 140 valence electrons. The molecule has 1 N–H and O–H groups in total. The molecule has 1 aromatic heterocycles. The lowest BCUT2D eigenvalue weighted by Crippen LogP contribution is -2.14. The van der Waals surface area contributed by atoms with Crippen LogP contribution >= 0.6 is 11.3 Å². The zero-order chi connectivity index (χ0) is 19.8. The molecule has 6 rings (SSSR count). The minimum Gasteiger partial charge on any atom is -0.538 e. The van der Waals surface area contributed by atoms with Crippen LogP contribution in [0, 0.1) is 0 Å². The van der Waals surface area contributed by atoms with Gasteiger partial charge in [-0.25, -0.2) is 0 Å². The molecule has 0 atom stereocenters. The Morgan fingerprint density at radius 1 is 0.793 bits per heavy atom. The van der Waals surface area contributed by atoms with Crippen LogP contribution in [0.5, 0.6) is 5.75 Å². The molecule has 0 aliphatic heterocycles. The summed E-state index contributed by atoms with van der Waals surface area (Å²) in [7, 11) is -0.324. The van der Waals surface area contributed by atoms with Gasteiger partial charge >= 0.3 is 7.69 Å². The summed E-state index contributed by atoms with van der Waals surface area (Å²) >= 11 is 1.88. The molecule has 1 heterocycles. The van der Waals surface area contributed by atoms with Crippen molar-refractivity contribution in [3.63, 3.8) is 0 Å². The molecule has 0 unspecified atom stereocenters. The van der Waals surface area contributed by atoms with Crippen LogP contribution in [0.3, 0.4) is 0 Å². The third-order valence-electron chi connectivity index (χ3n) is 6.34. The average molecular weight is 394 g/mol.